The first kappa shape index (κ1) is 19.1. The number of anilines is 2. The fourth-order valence-electron chi connectivity index (χ4n) is 2.32. The van der Waals surface area contributed by atoms with Gasteiger partial charge in [-0.05, 0) is 18.2 Å². The predicted octanol–water partition coefficient (Wildman–Crippen LogP) is 3.83. The lowest BCUT2D eigenvalue weighted by molar-refractivity contribution is -0.274. The van der Waals surface area contributed by atoms with Crippen molar-refractivity contribution in [3.8, 4) is 11.5 Å². The van der Waals surface area contributed by atoms with Gasteiger partial charge >= 0.3 is 6.36 Å². The highest BCUT2D eigenvalue weighted by molar-refractivity contribution is 7.90. The minimum absolute atomic E-state index is 0.0496. The Morgan fingerprint density at radius 2 is 1.89 bits per heavy atom. The molecule has 0 atom stereocenters. The quantitative estimate of drug-likeness (QED) is 0.783. The maximum absolute atomic E-state index is 12.5. The lowest BCUT2D eigenvalue weighted by Gasteiger charge is -2.22. The molecule has 7 nitrogen and oxygen atoms in total. The molecule has 3 rings (SSSR count). The lowest BCUT2D eigenvalue weighted by Crippen LogP contribution is -2.29. The number of hydrogen-bond donors (Lipinski definition) is 2. The Labute approximate surface area is 156 Å². The van der Waals surface area contributed by atoms with Crippen molar-refractivity contribution in [3.05, 3.63) is 41.4 Å². The largest absolute Gasteiger partial charge is 0.573 e. The standard InChI is InChI=1S/C15H11ClF3N3O4S/c1-25-11-6-8(16)7-12-13(11)21-14(22-27(12,23)24)20-9-4-2-3-5-10(9)26-15(17,18)19/h2-7H,1H3,(H2,20,21,22). The molecule has 0 radical (unpaired) electrons. The van der Waals surface area contributed by atoms with Gasteiger partial charge in [-0.15, -0.1) is 17.6 Å². The van der Waals surface area contributed by atoms with Crippen molar-refractivity contribution in [2.45, 2.75) is 11.3 Å². The molecule has 0 aliphatic carbocycles. The van der Waals surface area contributed by atoms with Crippen LogP contribution in [0.3, 0.4) is 0 Å². The zero-order chi connectivity index (χ0) is 19.8. The maximum Gasteiger partial charge on any atom is 0.573 e. The Balaban J connectivity index is 1.99. The van der Waals surface area contributed by atoms with Gasteiger partial charge in [0.25, 0.3) is 10.0 Å². The summed E-state index contributed by atoms with van der Waals surface area (Å²) >= 11 is 5.88. The minimum Gasteiger partial charge on any atom is -0.494 e. The van der Waals surface area contributed by atoms with E-state index in [-0.39, 0.29) is 33.0 Å². The monoisotopic (exact) mass is 421 g/mol. The number of nitrogens with one attached hydrogen (secondary N) is 2. The smallest absolute Gasteiger partial charge is 0.494 e. The van der Waals surface area contributed by atoms with Crippen LogP contribution in [0, 0.1) is 0 Å². The van der Waals surface area contributed by atoms with E-state index in [1.807, 2.05) is 0 Å². The van der Waals surface area contributed by atoms with Crippen molar-refractivity contribution >= 4 is 39.0 Å². The van der Waals surface area contributed by atoms with E-state index in [9.17, 15) is 21.6 Å². The van der Waals surface area contributed by atoms with Crippen LogP contribution in [0.2, 0.25) is 5.02 Å². The molecule has 12 heteroatoms. The average molecular weight is 422 g/mol. The minimum atomic E-state index is -4.92. The zero-order valence-corrected chi connectivity index (χ0v) is 15.0. The van der Waals surface area contributed by atoms with Gasteiger partial charge in [-0.1, -0.05) is 23.7 Å². The maximum atomic E-state index is 12.5. The summed E-state index contributed by atoms with van der Waals surface area (Å²) in [4.78, 5) is -0.225. The molecule has 144 valence electrons. The molecule has 0 saturated carbocycles. The molecule has 0 amide bonds. The van der Waals surface area contributed by atoms with Crippen LogP contribution in [0.25, 0.3) is 0 Å². The summed E-state index contributed by atoms with van der Waals surface area (Å²) in [5, 5.41) is 5.27. The first-order valence-electron chi connectivity index (χ1n) is 7.20. The van der Waals surface area contributed by atoms with Crippen LogP contribution in [0.4, 0.5) is 24.5 Å². The van der Waals surface area contributed by atoms with Crippen LogP contribution in [0.1, 0.15) is 0 Å². The fourth-order valence-corrected chi connectivity index (χ4v) is 3.71. The number of benzene rings is 2. The van der Waals surface area contributed by atoms with Crippen LogP contribution >= 0.6 is 11.6 Å². The van der Waals surface area contributed by atoms with Gasteiger partial charge in [0.1, 0.15) is 16.3 Å². The molecule has 0 fully saturated rings. The summed E-state index contributed by atoms with van der Waals surface area (Å²) in [6, 6.07) is 7.68. The molecule has 0 spiro atoms. The summed E-state index contributed by atoms with van der Waals surface area (Å²) < 4.78 is 75.0. The Morgan fingerprint density at radius 3 is 2.56 bits per heavy atom. The van der Waals surface area contributed by atoms with E-state index in [1.54, 1.807) is 0 Å². The van der Waals surface area contributed by atoms with Crippen molar-refractivity contribution in [3.63, 3.8) is 0 Å². The summed E-state index contributed by atoms with van der Waals surface area (Å²) in [6.45, 7) is 0. The summed E-state index contributed by atoms with van der Waals surface area (Å²) in [5.41, 5.74) is -0.0960. The molecule has 0 unspecified atom stereocenters. The van der Waals surface area contributed by atoms with Gasteiger partial charge in [-0.25, -0.2) is 0 Å². The summed E-state index contributed by atoms with van der Waals surface area (Å²) in [5.74, 6) is -0.766. The molecule has 1 aliphatic rings. The van der Waals surface area contributed by atoms with Crippen LogP contribution in [0.15, 0.2) is 45.7 Å². The summed E-state index contributed by atoms with van der Waals surface area (Å²) in [7, 11) is -2.87. The third kappa shape index (κ3) is 4.19. The average Bonchev–Trinajstić information content (AvgIpc) is 2.55. The first-order valence-corrected chi connectivity index (χ1v) is 9.02. The van der Waals surface area contributed by atoms with Crippen LogP contribution in [0.5, 0.6) is 11.5 Å². The van der Waals surface area contributed by atoms with Crippen LogP contribution in [-0.2, 0) is 10.0 Å². The molecule has 0 saturated heterocycles. The van der Waals surface area contributed by atoms with E-state index in [0.29, 0.717) is 0 Å². The second kappa shape index (κ2) is 6.82. The highest BCUT2D eigenvalue weighted by atomic mass is 35.5. The third-order valence-corrected chi connectivity index (χ3v) is 4.87. The van der Waals surface area contributed by atoms with Gasteiger partial charge in [0.15, 0.2) is 5.75 Å². The fraction of sp³-hybridized carbons (Fsp3) is 0.133. The van der Waals surface area contributed by atoms with E-state index >= 15 is 0 Å². The molecular formula is C15H11ClF3N3O4S. The van der Waals surface area contributed by atoms with E-state index < -0.39 is 22.1 Å². The van der Waals surface area contributed by atoms with Crippen molar-refractivity contribution < 1.29 is 31.1 Å². The molecular weight excluding hydrogens is 411 g/mol. The van der Waals surface area contributed by atoms with Crippen molar-refractivity contribution in [2.24, 2.45) is 4.40 Å². The Bertz CT molecular complexity index is 1030. The van der Waals surface area contributed by atoms with Gasteiger partial charge in [0.2, 0.25) is 5.96 Å². The van der Waals surface area contributed by atoms with E-state index in [2.05, 4.69) is 19.8 Å². The molecule has 2 aromatic carbocycles. The number of hydrogen-bond acceptors (Lipinski definition) is 6. The van der Waals surface area contributed by atoms with E-state index in [1.165, 1.54) is 37.4 Å². The Kier molecular flexibility index (Phi) is 4.82. The predicted molar refractivity (Wildman–Crippen MR) is 93.0 cm³/mol. The van der Waals surface area contributed by atoms with Gasteiger partial charge in [0.05, 0.1) is 12.8 Å². The number of para-hydroxylation sites is 2. The summed E-state index contributed by atoms with van der Waals surface area (Å²) in [6.07, 6.45) is -4.92. The number of guanidine groups is 1. The number of alkyl halides is 3. The molecule has 2 aromatic rings. The number of fused-ring (bicyclic) bond motifs is 1. The highest BCUT2D eigenvalue weighted by Crippen LogP contribution is 2.39. The van der Waals surface area contributed by atoms with Crippen LogP contribution < -0.4 is 20.1 Å². The topological polar surface area (TPSA) is 89.0 Å². The van der Waals surface area contributed by atoms with Crippen LogP contribution in [-0.4, -0.2) is 27.8 Å². The van der Waals surface area contributed by atoms with Gasteiger partial charge in [-0.2, -0.15) is 8.42 Å². The number of methoxy groups -OCH3 is 1. The van der Waals surface area contributed by atoms with E-state index in [4.69, 9.17) is 16.3 Å². The number of sulfonamides is 1. The normalized spacial score (nSPS) is 15.2. The lowest BCUT2D eigenvalue weighted by atomic mass is 10.2. The molecule has 1 heterocycles. The molecule has 1 aliphatic heterocycles. The third-order valence-electron chi connectivity index (χ3n) is 3.35. The second-order valence-electron chi connectivity index (χ2n) is 5.19. The highest BCUT2D eigenvalue weighted by Gasteiger charge is 2.33. The molecule has 0 aromatic heterocycles. The molecule has 0 bridgehead atoms. The number of halogens is 4. The van der Waals surface area contributed by atoms with Crippen molar-refractivity contribution in [1.29, 1.82) is 0 Å². The Morgan fingerprint density at radius 1 is 1.19 bits per heavy atom. The SMILES string of the molecule is COc1cc(Cl)cc2c1NC(Nc1ccccc1OC(F)(F)F)=NS2(=O)=O. The van der Waals surface area contributed by atoms with Crippen molar-refractivity contribution in [2.75, 3.05) is 17.7 Å². The first-order chi connectivity index (χ1) is 12.6. The zero-order valence-electron chi connectivity index (χ0n) is 13.5. The van der Waals surface area contributed by atoms with Gasteiger partial charge in [-0.3, -0.25) is 0 Å². The number of nitrogens with zero attached hydrogens (tertiary/aromatic N) is 1. The van der Waals surface area contributed by atoms with Gasteiger partial charge in [0, 0.05) is 11.1 Å². The molecule has 27 heavy (non-hydrogen) atoms. The van der Waals surface area contributed by atoms with E-state index in [0.717, 1.165) is 6.07 Å². The van der Waals surface area contributed by atoms with Crippen molar-refractivity contribution in [1.82, 2.24) is 0 Å². The number of rotatable bonds is 3. The number of ether oxygens (including phenoxy) is 2. The Hall–Kier alpha value is -2.66. The van der Waals surface area contributed by atoms with Gasteiger partial charge < -0.3 is 20.1 Å². The molecule has 2 N–H and O–H groups in total. The second-order valence-corrected chi connectivity index (χ2v) is 7.20.